The third-order valence-corrected chi connectivity index (χ3v) is 5.45. The van der Waals surface area contributed by atoms with Crippen LogP contribution < -0.4 is 5.48 Å². The summed E-state index contributed by atoms with van der Waals surface area (Å²) >= 11 is 15.1. The zero-order chi connectivity index (χ0) is 22.4. The molecular formula is C20H10BrCl2F3N4O. The maximum Gasteiger partial charge on any atom is 0.428 e. The summed E-state index contributed by atoms with van der Waals surface area (Å²) in [5, 5.41) is 13.7. The number of alkyl halides is 3. The fraction of sp³-hybridized carbons (Fsp3) is 0.100. The molecule has 0 radical (unpaired) electrons. The molecule has 2 aromatic carbocycles. The van der Waals surface area contributed by atoms with E-state index < -0.39 is 11.8 Å². The standard InChI is InChI=1S/C20H10BrCl2F3N4O/c21-14-9-28-30(10-14)18-2-1-11(3-12(18)8-27)17-7-19(31-29-17,20(24,25)26)13-4-15(22)6-16(23)5-13/h1-7,9-10,29H. The summed E-state index contributed by atoms with van der Waals surface area (Å²) < 4.78 is 44.6. The molecule has 1 aromatic heterocycles. The second-order valence-electron chi connectivity index (χ2n) is 6.60. The van der Waals surface area contributed by atoms with E-state index in [1.165, 1.54) is 16.8 Å². The Morgan fingerprint density at radius 2 is 1.87 bits per heavy atom. The molecule has 0 spiro atoms. The van der Waals surface area contributed by atoms with Gasteiger partial charge in [0.25, 0.3) is 0 Å². The van der Waals surface area contributed by atoms with Crippen molar-refractivity contribution in [1.29, 1.82) is 5.26 Å². The highest BCUT2D eigenvalue weighted by Crippen LogP contribution is 2.48. The zero-order valence-corrected chi connectivity index (χ0v) is 18.3. The van der Waals surface area contributed by atoms with Crippen LogP contribution in [0, 0.1) is 11.3 Å². The first-order valence-corrected chi connectivity index (χ1v) is 10.1. The van der Waals surface area contributed by atoms with Crippen LogP contribution in [0.15, 0.2) is 59.3 Å². The molecule has 0 aliphatic carbocycles. The Balaban J connectivity index is 1.81. The van der Waals surface area contributed by atoms with Gasteiger partial charge in [-0.25, -0.2) is 4.68 Å². The lowest BCUT2D eigenvalue weighted by Gasteiger charge is -2.28. The Labute approximate surface area is 192 Å². The van der Waals surface area contributed by atoms with E-state index in [-0.39, 0.29) is 26.9 Å². The Kier molecular flexibility index (Phi) is 5.52. The summed E-state index contributed by atoms with van der Waals surface area (Å²) in [6.45, 7) is 0. The first-order valence-electron chi connectivity index (χ1n) is 8.58. The number of hydrogen-bond acceptors (Lipinski definition) is 4. The Hall–Kier alpha value is -2.51. The number of hydroxylamine groups is 1. The van der Waals surface area contributed by atoms with E-state index in [4.69, 9.17) is 28.0 Å². The van der Waals surface area contributed by atoms with Gasteiger partial charge in [-0.2, -0.15) is 23.5 Å². The molecule has 0 saturated carbocycles. The lowest BCUT2D eigenvalue weighted by molar-refractivity contribution is -0.269. The quantitative estimate of drug-likeness (QED) is 0.442. The van der Waals surface area contributed by atoms with Crippen molar-refractivity contribution in [2.24, 2.45) is 0 Å². The van der Waals surface area contributed by atoms with Crippen molar-refractivity contribution in [1.82, 2.24) is 15.3 Å². The molecule has 2 heterocycles. The van der Waals surface area contributed by atoms with E-state index in [1.54, 1.807) is 24.5 Å². The van der Waals surface area contributed by atoms with Gasteiger partial charge in [0, 0.05) is 27.4 Å². The van der Waals surface area contributed by atoms with E-state index in [0.29, 0.717) is 15.7 Å². The van der Waals surface area contributed by atoms with Crippen molar-refractivity contribution in [3.05, 3.63) is 86.1 Å². The van der Waals surface area contributed by atoms with Gasteiger partial charge >= 0.3 is 6.18 Å². The minimum Gasteiger partial charge on any atom is -0.265 e. The van der Waals surface area contributed by atoms with Crippen LogP contribution in [0.4, 0.5) is 13.2 Å². The predicted octanol–water partition coefficient (Wildman–Crippen LogP) is 6.15. The van der Waals surface area contributed by atoms with Crippen LogP contribution in [0.5, 0.6) is 0 Å². The van der Waals surface area contributed by atoms with Crippen molar-refractivity contribution in [2.45, 2.75) is 11.8 Å². The first kappa shape index (κ1) is 21.7. The number of halogens is 6. The van der Waals surface area contributed by atoms with Gasteiger partial charge < -0.3 is 0 Å². The Morgan fingerprint density at radius 1 is 1.16 bits per heavy atom. The average Bonchev–Trinajstić information content (AvgIpc) is 3.34. The summed E-state index contributed by atoms with van der Waals surface area (Å²) in [4.78, 5) is 5.07. The molecule has 1 aliphatic heterocycles. The molecule has 0 bridgehead atoms. The Bertz CT molecular complexity index is 1230. The lowest BCUT2D eigenvalue weighted by atomic mass is 9.91. The predicted molar refractivity (Wildman–Crippen MR) is 112 cm³/mol. The second-order valence-corrected chi connectivity index (χ2v) is 8.39. The van der Waals surface area contributed by atoms with Gasteiger partial charge in [0.1, 0.15) is 6.07 Å². The average molecular weight is 530 g/mol. The molecule has 1 aliphatic rings. The van der Waals surface area contributed by atoms with Gasteiger partial charge in [-0.1, -0.05) is 29.3 Å². The highest BCUT2D eigenvalue weighted by Gasteiger charge is 2.59. The summed E-state index contributed by atoms with van der Waals surface area (Å²) in [6.07, 6.45) is -0.716. The van der Waals surface area contributed by atoms with Gasteiger partial charge in [-0.15, -0.1) is 0 Å². The molecule has 4 rings (SSSR count). The van der Waals surface area contributed by atoms with Crippen molar-refractivity contribution in [3.63, 3.8) is 0 Å². The van der Waals surface area contributed by atoms with Crippen LogP contribution in [0.25, 0.3) is 11.4 Å². The van der Waals surface area contributed by atoms with E-state index in [0.717, 1.165) is 18.2 Å². The smallest absolute Gasteiger partial charge is 0.265 e. The number of benzene rings is 2. The number of nitrogens with one attached hydrogen (secondary N) is 1. The normalized spacial score (nSPS) is 18.4. The van der Waals surface area contributed by atoms with Crippen molar-refractivity contribution >= 4 is 44.8 Å². The minimum atomic E-state index is -4.82. The first-order chi connectivity index (χ1) is 14.6. The van der Waals surface area contributed by atoms with Crippen molar-refractivity contribution in [3.8, 4) is 11.8 Å². The number of nitrogens with zero attached hydrogens (tertiary/aromatic N) is 3. The van der Waals surface area contributed by atoms with Crippen LogP contribution in [-0.4, -0.2) is 16.0 Å². The Morgan fingerprint density at radius 3 is 2.45 bits per heavy atom. The third-order valence-electron chi connectivity index (χ3n) is 4.61. The largest absolute Gasteiger partial charge is 0.428 e. The molecule has 0 amide bonds. The summed E-state index contributed by atoms with van der Waals surface area (Å²) in [5.41, 5.74) is 0.300. The fourth-order valence-corrected chi connectivity index (χ4v) is 3.99. The van der Waals surface area contributed by atoms with E-state index >= 15 is 0 Å². The third kappa shape index (κ3) is 3.92. The maximum atomic E-state index is 14.1. The monoisotopic (exact) mass is 528 g/mol. The highest BCUT2D eigenvalue weighted by atomic mass is 79.9. The summed E-state index contributed by atoms with van der Waals surface area (Å²) in [7, 11) is 0. The molecule has 0 fully saturated rings. The number of hydrogen-bond donors (Lipinski definition) is 1. The van der Waals surface area contributed by atoms with Gasteiger partial charge in [-0.3, -0.25) is 10.3 Å². The van der Waals surface area contributed by atoms with Crippen molar-refractivity contribution in [2.75, 3.05) is 0 Å². The van der Waals surface area contributed by atoms with Crippen molar-refractivity contribution < 1.29 is 18.0 Å². The van der Waals surface area contributed by atoms with Crippen LogP contribution in [0.1, 0.15) is 16.7 Å². The fourth-order valence-electron chi connectivity index (χ4n) is 3.18. The molecule has 1 N–H and O–H groups in total. The van der Waals surface area contributed by atoms with Crippen LogP contribution in [0.2, 0.25) is 10.0 Å². The zero-order valence-electron chi connectivity index (χ0n) is 15.2. The van der Waals surface area contributed by atoms with Crippen LogP contribution in [0.3, 0.4) is 0 Å². The molecule has 0 saturated heterocycles. The molecular weight excluding hydrogens is 520 g/mol. The van der Waals surface area contributed by atoms with Crippen LogP contribution in [-0.2, 0) is 10.4 Å². The van der Waals surface area contributed by atoms with E-state index in [1.807, 2.05) is 6.07 Å². The van der Waals surface area contributed by atoms with Gasteiger partial charge in [-0.05, 0) is 52.3 Å². The minimum absolute atomic E-state index is 0.0399. The SMILES string of the molecule is N#Cc1cc(C2=CC(c3cc(Cl)cc(Cl)c3)(C(F)(F)F)ON2)ccc1-n1cc(Br)cn1. The number of aromatic nitrogens is 2. The summed E-state index contributed by atoms with van der Waals surface area (Å²) in [5.74, 6) is 0. The topological polar surface area (TPSA) is 62.9 Å². The molecule has 3 aromatic rings. The summed E-state index contributed by atoms with van der Waals surface area (Å²) in [6, 6.07) is 10.2. The number of nitriles is 1. The molecule has 1 atom stereocenters. The van der Waals surface area contributed by atoms with Gasteiger partial charge in [0.2, 0.25) is 5.60 Å². The molecule has 5 nitrogen and oxygen atoms in total. The highest BCUT2D eigenvalue weighted by molar-refractivity contribution is 9.10. The maximum absolute atomic E-state index is 14.1. The lowest BCUT2D eigenvalue weighted by Crippen LogP contribution is -2.42. The molecule has 11 heteroatoms. The van der Waals surface area contributed by atoms with Gasteiger partial charge in [0.15, 0.2) is 0 Å². The number of rotatable bonds is 3. The van der Waals surface area contributed by atoms with E-state index in [2.05, 4.69) is 26.5 Å². The van der Waals surface area contributed by atoms with E-state index in [9.17, 15) is 18.4 Å². The van der Waals surface area contributed by atoms with Crippen LogP contribution >= 0.6 is 39.1 Å². The molecule has 158 valence electrons. The molecule has 1 unspecified atom stereocenters. The second kappa shape index (κ2) is 7.88. The molecule has 31 heavy (non-hydrogen) atoms. The van der Waals surface area contributed by atoms with Gasteiger partial charge in [0.05, 0.1) is 27.6 Å².